The number of benzene rings is 1. The van der Waals surface area contributed by atoms with Crippen molar-refractivity contribution in [2.24, 2.45) is 0 Å². The second-order valence-electron chi connectivity index (χ2n) is 7.80. The van der Waals surface area contributed by atoms with Crippen LogP contribution in [0.2, 0.25) is 0 Å². The number of rotatable bonds is 9. The highest BCUT2D eigenvalue weighted by Gasteiger charge is 2.19. The largest absolute Gasteiger partial charge is 0.481 e. The first-order chi connectivity index (χ1) is 15.1. The molecule has 0 saturated carbocycles. The van der Waals surface area contributed by atoms with Crippen LogP contribution in [0.5, 0.6) is 0 Å². The summed E-state index contributed by atoms with van der Waals surface area (Å²) in [5, 5.41) is 25.1. The Morgan fingerprint density at radius 1 is 1.29 bits per heavy atom. The van der Waals surface area contributed by atoms with Crippen molar-refractivity contribution in [3.8, 4) is 0 Å². The quantitative estimate of drug-likeness (QED) is 0.544. The average molecular weight is 424 g/mol. The number of fused-ring (bicyclic) bond motifs is 1. The lowest BCUT2D eigenvalue weighted by atomic mass is 9.92. The first-order valence-electron chi connectivity index (χ1n) is 10.5. The minimum absolute atomic E-state index is 0.129. The number of carboxylic acid groups (broad SMARTS) is 1. The summed E-state index contributed by atoms with van der Waals surface area (Å²) >= 11 is 0. The van der Waals surface area contributed by atoms with Gasteiger partial charge in [-0.2, -0.15) is 4.80 Å². The number of nitrogens with zero attached hydrogens (tertiary/aromatic N) is 5. The number of aliphatic carboxylic acids is 1. The zero-order chi connectivity index (χ0) is 21.6. The van der Waals surface area contributed by atoms with Gasteiger partial charge in [-0.25, -0.2) is 9.37 Å². The van der Waals surface area contributed by atoms with E-state index in [9.17, 15) is 14.3 Å². The summed E-state index contributed by atoms with van der Waals surface area (Å²) in [6.45, 7) is 1.55. The smallest absolute Gasteiger partial charge is 0.303 e. The van der Waals surface area contributed by atoms with E-state index in [0.717, 1.165) is 43.7 Å². The first kappa shape index (κ1) is 20.9. The van der Waals surface area contributed by atoms with Crippen molar-refractivity contribution in [1.82, 2.24) is 25.2 Å². The zero-order valence-corrected chi connectivity index (χ0v) is 17.2. The van der Waals surface area contributed by atoms with E-state index in [4.69, 9.17) is 4.98 Å². The van der Waals surface area contributed by atoms with E-state index < -0.39 is 17.7 Å². The molecule has 3 aromatic rings. The van der Waals surface area contributed by atoms with Gasteiger partial charge in [-0.3, -0.25) is 4.79 Å². The molecular formula is C22H25FN6O2. The van der Waals surface area contributed by atoms with Crippen LogP contribution in [0, 0.1) is 5.82 Å². The normalized spacial score (nSPS) is 14.0. The lowest BCUT2D eigenvalue weighted by Gasteiger charge is -2.17. The Hall–Kier alpha value is -3.36. The van der Waals surface area contributed by atoms with E-state index in [-0.39, 0.29) is 12.8 Å². The molecule has 2 aromatic heterocycles. The summed E-state index contributed by atoms with van der Waals surface area (Å²) in [5.41, 5.74) is 2.92. The van der Waals surface area contributed by atoms with Crippen molar-refractivity contribution in [2.45, 2.75) is 51.0 Å². The number of carboxylic acids is 1. The fourth-order valence-corrected chi connectivity index (χ4v) is 3.86. The molecule has 162 valence electrons. The number of aromatic nitrogens is 5. The van der Waals surface area contributed by atoms with Crippen LogP contribution in [0.4, 0.5) is 10.2 Å². The Morgan fingerprint density at radius 3 is 3.03 bits per heavy atom. The number of tetrazole rings is 1. The van der Waals surface area contributed by atoms with E-state index in [1.807, 2.05) is 0 Å². The van der Waals surface area contributed by atoms with Gasteiger partial charge >= 0.3 is 5.97 Å². The second kappa shape index (κ2) is 9.63. The Labute approximate surface area is 179 Å². The molecule has 4 rings (SSSR count). The Balaban J connectivity index is 1.34. The molecule has 31 heavy (non-hydrogen) atoms. The number of nitrogens with one attached hydrogen (secondary N) is 1. The van der Waals surface area contributed by atoms with Crippen LogP contribution in [0.1, 0.15) is 47.8 Å². The maximum atomic E-state index is 13.6. The molecule has 2 N–H and O–H groups in total. The second-order valence-corrected chi connectivity index (χ2v) is 7.80. The zero-order valence-electron chi connectivity index (χ0n) is 17.2. The van der Waals surface area contributed by atoms with Gasteiger partial charge in [0, 0.05) is 24.6 Å². The molecule has 0 saturated heterocycles. The lowest BCUT2D eigenvalue weighted by molar-refractivity contribution is -0.137. The first-order valence-corrected chi connectivity index (χ1v) is 10.5. The summed E-state index contributed by atoms with van der Waals surface area (Å²) in [6.07, 6.45) is 3.98. The fraction of sp³-hybridized carbons (Fsp3) is 0.409. The molecular weight excluding hydrogens is 399 g/mol. The molecule has 1 atom stereocenters. The van der Waals surface area contributed by atoms with E-state index >= 15 is 0 Å². The molecule has 0 radical (unpaired) electrons. The minimum Gasteiger partial charge on any atom is -0.481 e. The van der Waals surface area contributed by atoms with Crippen LogP contribution in [0.25, 0.3) is 0 Å². The third-order valence-electron chi connectivity index (χ3n) is 5.41. The van der Waals surface area contributed by atoms with Crippen molar-refractivity contribution in [1.29, 1.82) is 0 Å². The molecule has 1 aromatic carbocycles. The SMILES string of the molecule is O=C(O)CC(Cc1nnn(CCCc2ccc3c(n2)NCCC3)n1)c1cccc(F)c1. The summed E-state index contributed by atoms with van der Waals surface area (Å²) in [5.74, 6) is -0.319. The van der Waals surface area contributed by atoms with E-state index in [0.29, 0.717) is 17.9 Å². The molecule has 3 heterocycles. The number of carbonyl (C=O) groups is 1. The molecule has 1 aliphatic rings. The molecule has 1 aliphatic heterocycles. The van der Waals surface area contributed by atoms with Crippen molar-refractivity contribution >= 4 is 11.8 Å². The summed E-state index contributed by atoms with van der Waals surface area (Å²) in [6, 6.07) is 10.2. The highest BCUT2D eigenvalue weighted by Crippen LogP contribution is 2.24. The molecule has 8 nitrogen and oxygen atoms in total. The van der Waals surface area contributed by atoms with Crippen LogP contribution >= 0.6 is 0 Å². The molecule has 0 fully saturated rings. The summed E-state index contributed by atoms with van der Waals surface area (Å²) < 4.78 is 13.6. The Bertz CT molecular complexity index is 1050. The number of hydrogen-bond acceptors (Lipinski definition) is 6. The van der Waals surface area contributed by atoms with Crippen molar-refractivity contribution < 1.29 is 14.3 Å². The van der Waals surface area contributed by atoms with Crippen molar-refractivity contribution in [3.05, 3.63) is 64.9 Å². The number of halogens is 1. The molecule has 0 bridgehead atoms. The van der Waals surface area contributed by atoms with Gasteiger partial charge in [0.25, 0.3) is 0 Å². The molecule has 0 aliphatic carbocycles. The van der Waals surface area contributed by atoms with Crippen molar-refractivity contribution in [2.75, 3.05) is 11.9 Å². The van der Waals surface area contributed by atoms with Crippen LogP contribution in [-0.2, 0) is 30.6 Å². The average Bonchev–Trinajstić information content (AvgIpc) is 3.20. The van der Waals surface area contributed by atoms with Gasteiger partial charge in [-0.05, 0) is 60.2 Å². The maximum Gasteiger partial charge on any atom is 0.303 e. The predicted octanol–water partition coefficient (Wildman–Crippen LogP) is 3.00. The van der Waals surface area contributed by atoms with E-state index in [1.54, 1.807) is 12.1 Å². The van der Waals surface area contributed by atoms with E-state index in [1.165, 1.54) is 22.5 Å². The third-order valence-corrected chi connectivity index (χ3v) is 5.41. The monoisotopic (exact) mass is 424 g/mol. The lowest BCUT2D eigenvalue weighted by Crippen LogP contribution is -2.14. The molecule has 0 amide bonds. The molecule has 0 spiro atoms. The Morgan fingerprint density at radius 2 is 2.19 bits per heavy atom. The van der Waals surface area contributed by atoms with E-state index in [2.05, 4.69) is 32.9 Å². The molecule has 9 heteroatoms. The maximum absolute atomic E-state index is 13.6. The fourth-order valence-electron chi connectivity index (χ4n) is 3.86. The molecule has 1 unspecified atom stereocenters. The van der Waals surface area contributed by atoms with Crippen molar-refractivity contribution in [3.63, 3.8) is 0 Å². The van der Waals surface area contributed by atoms with Crippen LogP contribution in [0.15, 0.2) is 36.4 Å². The Kier molecular flexibility index (Phi) is 6.49. The van der Waals surface area contributed by atoms with Crippen LogP contribution in [0.3, 0.4) is 0 Å². The number of pyridine rings is 1. The van der Waals surface area contributed by atoms with Gasteiger partial charge in [0.2, 0.25) is 0 Å². The highest BCUT2D eigenvalue weighted by molar-refractivity contribution is 5.68. The van der Waals surface area contributed by atoms with Gasteiger partial charge in [-0.15, -0.1) is 10.2 Å². The summed E-state index contributed by atoms with van der Waals surface area (Å²) in [4.78, 5) is 17.5. The van der Waals surface area contributed by atoms with Gasteiger partial charge in [0.15, 0.2) is 5.82 Å². The predicted molar refractivity (Wildman–Crippen MR) is 112 cm³/mol. The van der Waals surface area contributed by atoms with Crippen LogP contribution in [-0.4, -0.2) is 42.8 Å². The van der Waals surface area contributed by atoms with Crippen LogP contribution < -0.4 is 5.32 Å². The van der Waals surface area contributed by atoms with Gasteiger partial charge in [-0.1, -0.05) is 18.2 Å². The summed E-state index contributed by atoms with van der Waals surface area (Å²) in [7, 11) is 0. The van der Waals surface area contributed by atoms with Gasteiger partial charge in [0.1, 0.15) is 11.6 Å². The number of hydrogen-bond donors (Lipinski definition) is 2. The number of aryl methyl sites for hydroxylation is 3. The minimum atomic E-state index is -0.950. The van der Waals surface area contributed by atoms with Gasteiger partial charge < -0.3 is 10.4 Å². The van der Waals surface area contributed by atoms with Gasteiger partial charge in [0.05, 0.1) is 13.0 Å². The highest BCUT2D eigenvalue weighted by atomic mass is 19.1. The topological polar surface area (TPSA) is 106 Å². The number of anilines is 1. The third kappa shape index (κ3) is 5.62. The standard InChI is InChI=1S/C22H25FN6O2/c23-18-6-1-4-16(12-18)17(14-21(30)31)13-20-26-28-29(27-20)11-3-7-19-9-8-15-5-2-10-24-22(15)25-19/h1,4,6,8-9,12,17H,2-3,5,7,10-11,13-14H2,(H,24,25)(H,30,31).